The van der Waals surface area contributed by atoms with Gasteiger partial charge in [-0.3, -0.25) is 0 Å². The monoisotopic (exact) mass is 208 g/mol. The third kappa shape index (κ3) is 3.74. The van der Waals surface area contributed by atoms with Gasteiger partial charge in [-0.15, -0.1) is 6.58 Å². The first-order chi connectivity index (χ1) is 7.27. The van der Waals surface area contributed by atoms with E-state index in [1.165, 1.54) is 12.1 Å². The lowest BCUT2D eigenvalue weighted by atomic mass is 10.1. The molecule has 0 radical (unpaired) electrons. The molecule has 1 aromatic rings. The summed E-state index contributed by atoms with van der Waals surface area (Å²) in [5.74, 6) is 0.541. The smallest absolute Gasteiger partial charge is 0.123 e. The lowest BCUT2D eigenvalue weighted by Gasteiger charge is -2.09. The van der Waals surface area contributed by atoms with Gasteiger partial charge in [-0.25, -0.2) is 4.39 Å². The van der Waals surface area contributed by atoms with Crippen LogP contribution in [-0.2, 0) is 6.42 Å². The van der Waals surface area contributed by atoms with Crippen molar-refractivity contribution in [1.29, 1.82) is 0 Å². The van der Waals surface area contributed by atoms with Gasteiger partial charge < -0.3 is 4.74 Å². The first kappa shape index (κ1) is 11.8. The molecule has 0 saturated heterocycles. The fourth-order valence-electron chi connectivity index (χ4n) is 1.33. The van der Waals surface area contributed by atoms with E-state index in [-0.39, 0.29) is 5.82 Å². The molecule has 1 rings (SSSR count). The largest absolute Gasteiger partial charge is 0.493 e. The van der Waals surface area contributed by atoms with E-state index >= 15 is 0 Å². The molecule has 15 heavy (non-hydrogen) atoms. The summed E-state index contributed by atoms with van der Waals surface area (Å²) in [7, 11) is 0. The number of hydrogen-bond acceptors (Lipinski definition) is 1. The highest BCUT2D eigenvalue weighted by Gasteiger charge is 2.03. The molecule has 0 aromatic heterocycles. The molecular formula is C13H17FO. The minimum atomic E-state index is -0.227. The first-order valence-corrected chi connectivity index (χ1v) is 5.30. The maximum atomic E-state index is 13.0. The summed E-state index contributed by atoms with van der Waals surface area (Å²) < 4.78 is 18.5. The highest BCUT2D eigenvalue weighted by molar-refractivity contribution is 5.35. The number of benzene rings is 1. The van der Waals surface area contributed by atoms with Gasteiger partial charge in [-0.05, 0) is 31.0 Å². The maximum absolute atomic E-state index is 13.0. The number of rotatable bonds is 6. The predicted molar refractivity (Wildman–Crippen MR) is 60.7 cm³/mol. The lowest BCUT2D eigenvalue weighted by molar-refractivity contribution is 0.306. The van der Waals surface area contributed by atoms with Crippen molar-refractivity contribution in [3.63, 3.8) is 0 Å². The minimum Gasteiger partial charge on any atom is -0.493 e. The van der Waals surface area contributed by atoms with Crippen LogP contribution in [0.2, 0.25) is 0 Å². The Hall–Kier alpha value is -1.31. The van der Waals surface area contributed by atoms with Gasteiger partial charge >= 0.3 is 0 Å². The fourth-order valence-corrected chi connectivity index (χ4v) is 1.33. The molecule has 1 aromatic carbocycles. The van der Waals surface area contributed by atoms with Crippen LogP contribution in [0.25, 0.3) is 0 Å². The van der Waals surface area contributed by atoms with Crippen LogP contribution in [0.3, 0.4) is 0 Å². The summed E-state index contributed by atoms with van der Waals surface area (Å²) in [6, 6.07) is 4.61. The molecule has 0 amide bonds. The topological polar surface area (TPSA) is 9.23 Å². The number of allylic oxidation sites excluding steroid dienone is 1. The third-order valence-corrected chi connectivity index (χ3v) is 2.14. The van der Waals surface area contributed by atoms with E-state index in [1.54, 1.807) is 12.1 Å². The summed E-state index contributed by atoms with van der Waals surface area (Å²) in [5.41, 5.74) is 0.862. The molecule has 0 aliphatic rings. The van der Waals surface area contributed by atoms with Crippen LogP contribution >= 0.6 is 0 Å². The van der Waals surface area contributed by atoms with Crippen molar-refractivity contribution in [3.8, 4) is 5.75 Å². The second-order valence-electron chi connectivity index (χ2n) is 3.45. The SMILES string of the molecule is C=CCc1cc(F)ccc1OCCCC. The summed E-state index contributed by atoms with van der Waals surface area (Å²) in [6.45, 7) is 6.44. The average Bonchev–Trinajstić information content (AvgIpc) is 2.22. The second kappa shape index (κ2) is 6.23. The molecular weight excluding hydrogens is 191 g/mol. The Morgan fingerprint density at radius 3 is 2.93 bits per heavy atom. The fraction of sp³-hybridized carbons (Fsp3) is 0.385. The molecule has 0 bridgehead atoms. The Morgan fingerprint density at radius 1 is 1.47 bits per heavy atom. The van der Waals surface area contributed by atoms with Crippen molar-refractivity contribution in [2.75, 3.05) is 6.61 Å². The van der Waals surface area contributed by atoms with E-state index in [2.05, 4.69) is 13.5 Å². The zero-order valence-electron chi connectivity index (χ0n) is 9.13. The molecule has 0 spiro atoms. The predicted octanol–water partition coefficient (Wildman–Crippen LogP) is 3.73. The van der Waals surface area contributed by atoms with Gasteiger partial charge in [0.2, 0.25) is 0 Å². The number of ether oxygens (including phenoxy) is 1. The molecule has 0 aliphatic heterocycles. The zero-order valence-corrected chi connectivity index (χ0v) is 9.13. The molecule has 0 aliphatic carbocycles. The van der Waals surface area contributed by atoms with Crippen molar-refractivity contribution < 1.29 is 9.13 Å². The van der Waals surface area contributed by atoms with Gasteiger partial charge in [-0.1, -0.05) is 19.4 Å². The van der Waals surface area contributed by atoms with E-state index in [4.69, 9.17) is 4.74 Å². The summed E-state index contributed by atoms with van der Waals surface area (Å²) in [5, 5.41) is 0. The second-order valence-corrected chi connectivity index (χ2v) is 3.45. The van der Waals surface area contributed by atoms with Gasteiger partial charge in [0.1, 0.15) is 11.6 Å². The highest BCUT2D eigenvalue weighted by Crippen LogP contribution is 2.20. The Labute approximate surface area is 90.6 Å². The van der Waals surface area contributed by atoms with Gasteiger partial charge in [0.25, 0.3) is 0 Å². The van der Waals surface area contributed by atoms with E-state index in [0.29, 0.717) is 13.0 Å². The van der Waals surface area contributed by atoms with Crippen LogP contribution in [0.1, 0.15) is 25.3 Å². The number of unbranched alkanes of at least 4 members (excludes halogenated alkanes) is 1. The van der Waals surface area contributed by atoms with Crippen LogP contribution in [0, 0.1) is 5.82 Å². The van der Waals surface area contributed by atoms with Gasteiger partial charge in [-0.2, -0.15) is 0 Å². The van der Waals surface area contributed by atoms with Crippen LogP contribution in [0.4, 0.5) is 4.39 Å². The summed E-state index contributed by atoms with van der Waals surface area (Å²) in [6.07, 6.45) is 4.50. The molecule has 0 saturated carbocycles. The molecule has 0 N–H and O–H groups in total. The van der Waals surface area contributed by atoms with Crippen LogP contribution in [0.15, 0.2) is 30.9 Å². The van der Waals surface area contributed by atoms with Crippen molar-refractivity contribution in [2.24, 2.45) is 0 Å². The van der Waals surface area contributed by atoms with Gasteiger partial charge in [0.15, 0.2) is 0 Å². The van der Waals surface area contributed by atoms with Crippen molar-refractivity contribution >= 4 is 0 Å². The summed E-state index contributed by atoms with van der Waals surface area (Å²) >= 11 is 0. The molecule has 2 heteroatoms. The van der Waals surface area contributed by atoms with E-state index in [1.807, 2.05) is 0 Å². The Morgan fingerprint density at radius 2 is 2.27 bits per heavy atom. The average molecular weight is 208 g/mol. The first-order valence-electron chi connectivity index (χ1n) is 5.30. The normalized spacial score (nSPS) is 10.0. The van der Waals surface area contributed by atoms with E-state index in [9.17, 15) is 4.39 Å². The van der Waals surface area contributed by atoms with Crippen LogP contribution in [0.5, 0.6) is 5.75 Å². The van der Waals surface area contributed by atoms with Crippen LogP contribution < -0.4 is 4.74 Å². The number of hydrogen-bond donors (Lipinski definition) is 0. The van der Waals surface area contributed by atoms with Gasteiger partial charge in [0, 0.05) is 5.56 Å². The minimum absolute atomic E-state index is 0.227. The third-order valence-electron chi connectivity index (χ3n) is 2.14. The Bertz CT molecular complexity index is 320. The van der Waals surface area contributed by atoms with E-state index < -0.39 is 0 Å². The van der Waals surface area contributed by atoms with Crippen LogP contribution in [-0.4, -0.2) is 6.61 Å². The molecule has 0 unspecified atom stereocenters. The quantitative estimate of drug-likeness (QED) is 0.511. The standard InChI is InChI=1S/C13H17FO/c1-3-5-9-15-13-8-7-12(14)10-11(13)6-4-2/h4,7-8,10H,2-3,5-6,9H2,1H3. The molecule has 82 valence electrons. The lowest BCUT2D eigenvalue weighted by Crippen LogP contribution is -1.99. The van der Waals surface area contributed by atoms with Crippen molar-refractivity contribution in [1.82, 2.24) is 0 Å². The Kier molecular flexibility index (Phi) is 4.88. The number of halogens is 1. The highest BCUT2D eigenvalue weighted by atomic mass is 19.1. The summed E-state index contributed by atoms with van der Waals surface area (Å²) in [4.78, 5) is 0. The van der Waals surface area contributed by atoms with Crippen molar-refractivity contribution in [3.05, 3.63) is 42.2 Å². The molecule has 1 nitrogen and oxygen atoms in total. The molecule has 0 fully saturated rings. The van der Waals surface area contributed by atoms with Crippen molar-refractivity contribution in [2.45, 2.75) is 26.2 Å². The maximum Gasteiger partial charge on any atom is 0.123 e. The van der Waals surface area contributed by atoms with E-state index in [0.717, 1.165) is 24.2 Å². The molecule has 0 atom stereocenters. The Balaban J connectivity index is 2.71. The molecule has 0 heterocycles. The van der Waals surface area contributed by atoms with Gasteiger partial charge in [0.05, 0.1) is 6.61 Å². The zero-order chi connectivity index (χ0) is 11.1.